The molecule has 0 aliphatic rings. The number of para-hydroxylation sites is 1. The molecule has 0 bridgehead atoms. The summed E-state index contributed by atoms with van der Waals surface area (Å²) >= 11 is 1.35. The van der Waals surface area contributed by atoms with E-state index >= 15 is 0 Å². The molecule has 6 nitrogen and oxygen atoms in total. The van der Waals surface area contributed by atoms with Crippen molar-refractivity contribution in [2.24, 2.45) is 5.92 Å². The van der Waals surface area contributed by atoms with Gasteiger partial charge in [0.05, 0.1) is 23.7 Å². The summed E-state index contributed by atoms with van der Waals surface area (Å²) in [4.78, 5) is 29.2. The van der Waals surface area contributed by atoms with Crippen LogP contribution in [0.15, 0.2) is 24.3 Å². The summed E-state index contributed by atoms with van der Waals surface area (Å²) in [5.41, 5.74) is 1.33. The van der Waals surface area contributed by atoms with Crippen LogP contribution in [0.25, 0.3) is 0 Å². The number of nitrogens with zero attached hydrogens (tertiary/aromatic N) is 1. The van der Waals surface area contributed by atoms with Crippen molar-refractivity contribution in [1.29, 1.82) is 0 Å². The van der Waals surface area contributed by atoms with Crippen LogP contribution in [-0.4, -0.2) is 35.6 Å². The zero-order chi connectivity index (χ0) is 20.2. The SMILES string of the molecule is COc1ccccc1CC(CNC(=O)c1sc(C(C)(C)C)nc1C)C(=O)O. The number of hydrogen-bond donors (Lipinski definition) is 2. The first-order valence-corrected chi connectivity index (χ1v) is 9.56. The van der Waals surface area contributed by atoms with E-state index in [1.165, 1.54) is 11.3 Å². The second-order valence-electron chi connectivity index (χ2n) is 7.44. The van der Waals surface area contributed by atoms with E-state index in [0.29, 0.717) is 16.3 Å². The van der Waals surface area contributed by atoms with Crippen molar-refractivity contribution in [2.75, 3.05) is 13.7 Å². The fraction of sp³-hybridized carbons (Fsp3) is 0.450. The highest BCUT2D eigenvalue weighted by Gasteiger charge is 2.25. The third-order valence-corrected chi connectivity index (χ3v) is 5.74. The van der Waals surface area contributed by atoms with Crippen LogP contribution in [0.4, 0.5) is 0 Å². The van der Waals surface area contributed by atoms with Crippen LogP contribution in [0, 0.1) is 12.8 Å². The second kappa shape index (κ2) is 8.52. The minimum Gasteiger partial charge on any atom is -0.496 e. The standard InChI is InChI=1S/C20H26N2O4S/c1-12-16(27-19(22-12)20(2,3)4)17(23)21-11-14(18(24)25)10-13-8-6-7-9-15(13)26-5/h6-9,14H,10-11H2,1-5H3,(H,21,23)(H,24,25). The molecule has 27 heavy (non-hydrogen) atoms. The van der Waals surface area contributed by atoms with E-state index in [0.717, 1.165) is 10.6 Å². The molecular formula is C20H26N2O4S. The molecule has 1 heterocycles. The van der Waals surface area contributed by atoms with Crippen molar-refractivity contribution in [1.82, 2.24) is 10.3 Å². The highest BCUT2D eigenvalue weighted by molar-refractivity contribution is 7.14. The number of ether oxygens (including phenoxy) is 1. The van der Waals surface area contributed by atoms with Gasteiger partial charge in [-0.3, -0.25) is 9.59 Å². The Morgan fingerprint density at radius 1 is 1.30 bits per heavy atom. The molecule has 1 unspecified atom stereocenters. The van der Waals surface area contributed by atoms with Gasteiger partial charge in [0.1, 0.15) is 10.6 Å². The van der Waals surface area contributed by atoms with Gasteiger partial charge in [0.2, 0.25) is 0 Å². The highest BCUT2D eigenvalue weighted by atomic mass is 32.1. The summed E-state index contributed by atoms with van der Waals surface area (Å²) in [6, 6.07) is 7.30. The summed E-state index contributed by atoms with van der Waals surface area (Å²) in [5, 5.41) is 13.2. The lowest BCUT2D eigenvalue weighted by Gasteiger charge is -2.15. The van der Waals surface area contributed by atoms with Gasteiger partial charge in [-0.15, -0.1) is 11.3 Å². The van der Waals surface area contributed by atoms with E-state index < -0.39 is 11.9 Å². The Bertz CT molecular complexity index is 824. The Morgan fingerprint density at radius 3 is 2.52 bits per heavy atom. The van der Waals surface area contributed by atoms with Crippen molar-refractivity contribution in [3.05, 3.63) is 45.4 Å². The van der Waals surface area contributed by atoms with Gasteiger partial charge in [-0.1, -0.05) is 39.0 Å². The Morgan fingerprint density at radius 2 is 1.96 bits per heavy atom. The van der Waals surface area contributed by atoms with Gasteiger partial charge in [-0.25, -0.2) is 4.98 Å². The molecule has 7 heteroatoms. The molecule has 1 atom stereocenters. The number of carboxylic acid groups (broad SMARTS) is 1. The number of amides is 1. The average Bonchev–Trinajstić information content (AvgIpc) is 3.00. The molecule has 0 saturated carbocycles. The van der Waals surface area contributed by atoms with Gasteiger partial charge in [-0.05, 0) is 25.0 Å². The monoisotopic (exact) mass is 390 g/mol. The minimum absolute atomic E-state index is 0.0361. The number of carbonyl (C=O) groups is 2. The number of carbonyl (C=O) groups excluding carboxylic acids is 1. The zero-order valence-electron chi connectivity index (χ0n) is 16.3. The van der Waals surface area contributed by atoms with E-state index in [9.17, 15) is 14.7 Å². The normalized spacial score (nSPS) is 12.5. The summed E-state index contributed by atoms with van der Waals surface area (Å²) in [7, 11) is 1.55. The minimum atomic E-state index is -0.961. The van der Waals surface area contributed by atoms with Crippen LogP contribution in [0.3, 0.4) is 0 Å². The van der Waals surface area contributed by atoms with Crippen molar-refractivity contribution >= 4 is 23.2 Å². The lowest BCUT2D eigenvalue weighted by atomic mass is 9.98. The van der Waals surface area contributed by atoms with E-state index in [2.05, 4.69) is 10.3 Å². The molecule has 0 aliphatic heterocycles. The van der Waals surface area contributed by atoms with Crippen LogP contribution < -0.4 is 10.1 Å². The summed E-state index contributed by atoms with van der Waals surface area (Å²) in [5.74, 6) is -1.35. The third kappa shape index (κ3) is 5.29. The molecule has 2 rings (SSSR count). The highest BCUT2D eigenvalue weighted by Crippen LogP contribution is 2.29. The summed E-state index contributed by atoms with van der Waals surface area (Å²) < 4.78 is 5.28. The number of carboxylic acids is 1. The first kappa shape index (κ1) is 20.9. The first-order chi connectivity index (χ1) is 12.6. The number of hydrogen-bond acceptors (Lipinski definition) is 5. The van der Waals surface area contributed by atoms with E-state index in [4.69, 9.17) is 4.74 Å². The number of rotatable bonds is 7. The quantitative estimate of drug-likeness (QED) is 0.756. The van der Waals surface area contributed by atoms with Crippen LogP contribution >= 0.6 is 11.3 Å². The van der Waals surface area contributed by atoms with Crippen molar-refractivity contribution in [3.8, 4) is 5.75 Å². The van der Waals surface area contributed by atoms with Gasteiger partial charge >= 0.3 is 5.97 Å². The maximum atomic E-state index is 12.6. The zero-order valence-corrected chi connectivity index (χ0v) is 17.1. The molecular weight excluding hydrogens is 364 g/mol. The lowest BCUT2D eigenvalue weighted by Crippen LogP contribution is -2.34. The molecule has 1 aromatic carbocycles. The van der Waals surface area contributed by atoms with Crippen LogP contribution in [-0.2, 0) is 16.6 Å². The molecule has 2 aromatic rings. The fourth-order valence-electron chi connectivity index (χ4n) is 2.61. The fourth-order valence-corrected chi connectivity index (χ4v) is 3.65. The van der Waals surface area contributed by atoms with E-state index in [-0.39, 0.29) is 24.3 Å². The average molecular weight is 391 g/mol. The Hall–Kier alpha value is -2.41. The predicted molar refractivity (Wildman–Crippen MR) is 106 cm³/mol. The summed E-state index contributed by atoms with van der Waals surface area (Å²) in [6.45, 7) is 7.96. The summed E-state index contributed by atoms with van der Waals surface area (Å²) in [6.07, 6.45) is 0.272. The molecule has 146 valence electrons. The molecule has 0 radical (unpaired) electrons. The van der Waals surface area contributed by atoms with Crippen molar-refractivity contribution in [2.45, 2.75) is 39.5 Å². The number of thiazole rings is 1. The van der Waals surface area contributed by atoms with Crippen LogP contribution in [0.5, 0.6) is 5.75 Å². The van der Waals surface area contributed by atoms with Gasteiger partial charge < -0.3 is 15.2 Å². The Labute approximate surface area is 163 Å². The number of benzene rings is 1. The molecule has 1 aromatic heterocycles. The molecule has 0 saturated heterocycles. The number of aryl methyl sites for hydroxylation is 1. The molecule has 1 amide bonds. The van der Waals surface area contributed by atoms with Crippen molar-refractivity contribution < 1.29 is 19.4 Å². The van der Waals surface area contributed by atoms with Gasteiger partial charge in [0, 0.05) is 12.0 Å². The number of aliphatic carboxylic acids is 1. The maximum Gasteiger partial charge on any atom is 0.308 e. The molecule has 0 spiro atoms. The number of aromatic nitrogens is 1. The van der Waals surface area contributed by atoms with Gasteiger partial charge in [0.15, 0.2) is 0 Å². The van der Waals surface area contributed by atoms with Gasteiger partial charge in [0.25, 0.3) is 5.91 Å². The van der Waals surface area contributed by atoms with Crippen LogP contribution in [0.2, 0.25) is 0 Å². The van der Waals surface area contributed by atoms with Crippen molar-refractivity contribution in [3.63, 3.8) is 0 Å². The number of methoxy groups -OCH3 is 1. The Kier molecular flexibility index (Phi) is 6.59. The lowest BCUT2D eigenvalue weighted by molar-refractivity contribution is -0.141. The van der Waals surface area contributed by atoms with Gasteiger partial charge in [-0.2, -0.15) is 0 Å². The first-order valence-electron chi connectivity index (χ1n) is 8.74. The van der Waals surface area contributed by atoms with Crippen LogP contribution in [0.1, 0.15) is 46.7 Å². The predicted octanol–water partition coefficient (Wildman–Crippen LogP) is 3.43. The van der Waals surface area contributed by atoms with E-state index in [1.54, 1.807) is 20.1 Å². The molecule has 2 N–H and O–H groups in total. The third-order valence-electron chi connectivity index (χ3n) is 4.16. The number of nitrogens with one attached hydrogen (secondary N) is 1. The van der Waals surface area contributed by atoms with E-state index in [1.807, 2.05) is 39.0 Å². The molecule has 0 fully saturated rings. The largest absolute Gasteiger partial charge is 0.496 e. The smallest absolute Gasteiger partial charge is 0.308 e. The Balaban J connectivity index is 2.09. The maximum absolute atomic E-state index is 12.6. The topological polar surface area (TPSA) is 88.5 Å². The molecule has 0 aliphatic carbocycles. The second-order valence-corrected chi connectivity index (χ2v) is 8.44.